The maximum absolute atomic E-state index is 14.3. The zero-order chi connectivity index (χ0) is 37.1. The lowest BCUT2D eigenvalue weighted by molar-refractivity contribution is -0.138. The SMILES string of the molecule is COc1c(OCCCNCCCc2ccccc2)cccc1C1OC(CC(=O)NCc2ccccc2F)C(=O)N(CC(C)(C)C)c2ccc(Cl)cc21. The molecule has 2 unspecified atom stereocenters. The minimum absolute atomic E-state index is 0.0200. The molecule has 2 N–H and O–H groups in total. The Labute approximate surface area is 311 Å². The molecular formula is C42H49ClFN3O5. The molecule has 0 fully saturated rings. The molecule has 4 aromatic rings. The zero-order valence-electron chi connectivity index (χ0n) is 30.4. The number of fused-ring (bicyclic) bond motifs is 1. The normalized spacial score (nSPS) is 15.9. The molecule has 5 rings (SSSR count). The van der Waals surface area contributed by atoms with Crippen LogP contribution in [-0.2, 0) is 27.3 Å². The fraction of sp³-hybridized carbons (Fsp3) is 0.381. The van der Waals surface area contributed by atoms with Gasteiger partial charge in [0.25, 0.3) is 5.91 Å². The van der Waals surface area contributed by atoms with E-state index in [9.17, 15) is 14.0 Å². The van der Waals surface area contributed by atoms with E-state index in [1.54, 1.807) is 42.3 Å². The fourth-order valence-electron chi connectivity index (χ4n) is 6.30. The third kappa shape index (κ3) is 10.6. The van der Waals surface area contributed by atoms with Gasteiger partial charge in [0.1, 0.15) is 18.0 Å². The summed E-state index contributed by atoms with van der Waals surface area (Å²) in [6.45, 7) is 8.65. The number of hydrogen-bond acceptors (Lipinski definition) is 6. The number of benzene rings is 4. The molecule has 4 aromatic carbocycles. The number of nitrogens with one attached hydrogen (secondary N) is 2. The van der Waals surface area contributed by atoms with Crippen LogP contribution in [0.4, 0.5) is 10.1 Å². The van der Waals surface area contributed by atoms with Crippen molar-refractivity contribution in [2.45, 2.75) is 65.2 Å². The highest BCUT2D eigenvalue weighted by atomic mass is 35.5. The van der Waals surface area contributed by atoms with Crippen LogP contribution >= 0.6 is 11.6 Å². The maximum Gasteiger partial charge on any atom is 0.256 e. The summed E-state index contributed by atoms with van der Waals surface area (Å²) in [5.74, 6) is -0.216. The van der Waals surface area contributed by atoms with E-state index in [0.29, 0.717) is 52.1 Å². The lowest BCUT2D eigenvalue weighted by atomic mass is 9.94. The predicted molar refractivity (Wildman–Crippen MR) is 204 cm³/mol. The average molecular weight is 730 g/mol. The van der Waals surface area contributed by atoms with Gasteiger partial charge in [0.2, 0.25) is 5.91 Å². The Morgan fingerprint density at radius 3 is 2.44 bits per heavy atom. The molecule has 0 bridgehead atoms. The van der Waals surface area contributed by atoms with Crippen molar-refractivity contribution in [3.8, 4) is 11.5 Å². The Hall–Kier alpha value is -4.44. The van der Waals surface area contributed by atoms with E-state index in [1.807, 2.05) is 51.1 Å². The molecule has 0 saturated heterocycles. The van der Waals surface area contributed by atoms with Crippen LogP contribution in [0.3, 0.4) is 0 Å². The van der Waals surface area contributed by atoms with Crippen molar-refractivity contribution in [1.29, 1.82) is 0 Å². The van der Waals surface area contributed by atoms with Gasteiger partial charge >= 0.3 is 0 Å². The van der Waals surface area contributed by atoms with Gasteiger partial charge in [-0.3, -0.25) is 9.59 Å². The largest absolute Gasteiger partial charge is 0.492 e. The molecule has 276 valence electrons. The number of aryl methyl sites for hydroxylation is 1. The Morgan fingerprint density at radius 2 is 1.69 bits per heavy atom. The van der Waals surface area contributed by atoms with Crippen molar-refractivity contribution in [2.75, 3.05) is 38.3 Å². The second kappa shape index (κ2) is 18.4. The number of para-hydroxylation sites is 1. The molecule has 0 spiro atoms. The van der Waals surface area contributed by atoms with Gasteiger partial charge < -0.3 is 29.7 Å². The molecule has 10 heteroatoms. The summed E-state index contributed by atoms with van der Waals surface area (Å²) in [6, 6.07) is 27.6. The van der Waals surface area contributed by atoms with Gasteiger partial charge in [0.05, 0.1) is 20.1 Å². The number of hydrogen-bond donors (Lipinski definition) is 2. The van der Waals surface area contributed by atoms with Crippen LogP contribution < -0.4 is 25.0 Å². The van der Waals surface area contributed by atoms with Gasteiger partial charge in [-0.1, -0.05) is 93.0 Å². The first kappa shape index (κ1) is 38.8. The summed E-state index contributed by atoms with van der Waals surface area (Å²) >= 11 is 6.58. The molecule has 52 heavy (non-hydrogen) atoms. The number of carbonyl (C=O) groups is 2. The van der Waals surface area contributed by atoms with E-state index in [1.165, 1.54) is 11.6 Å². The molecule has 0 saturated carbocycles. The number of carbonyl (C=O) groups excluding carboxylic acids is 2. The average Bonchev–Trinajstić information content (AvgIpc) is 3.22. The highest BCUT2D eigenvalue weighted by Crippen LogP contribution is 2.45. The molecule has 1 aliphatic heterocycles. The van der Waals surface area contributed by atoms with Crippen LogP contribution in [0.5, 0.6) is 11.5 Å². The lowest BCUT2D eigenvalue weighted by Gasteiger charge is -2.31. The van der Waals surface area contributed by atoms with Gasteiger partial charge in [-0.05, 0) is 73.7 Å². The third-order valence-electron chi connectivity index (χ3n) is 8.75. The third-order valence-corrected chi connectivity index (χ3v) is 8.99. The Kier molecular flexibility index (Phi) is 13.7. The number of nitrogens with zero attached hydrogens (tertiary/aromatic N) is 1. The van der Waals surface area contributed by atoms with Crippen molar-refractivity contribution in [3.63, 3.8) is 0 Å². The first-order valence-corrected chi connectivity index (χ1v) is 18.2. The number of ether oxygens (including phenoxy) is 3. The van der Waals surface area contributed by atoms with Crippen LogP contribution in [0.15, 0.2) is 91.0 Å². The van der Waals surface area contributed by atoms with E-state index in [0.717, 1.165) is 32.4 Å². The van der Waals surface area contributed by atoms with Crippen molar-refractivity contribution in [3.05, 3.63) is 124 Å². The Bertz CT molecular complexity index is 1800. The molecule has 1 aliphatic rings. The topological polar surface area (TPSA) is 89.1 Å². The molecular weight excluding hydrogens is 681 g/mol. The Balaban J connectivity index is 1.35. The summed E-state index contributed by atoms with van der Waals surface area (Å²) in [4.78, 5) is 29.4. The second-order valence-electron chi connectivity index (χ2n) is 14.2. The highest BCUT2D eigenvalue weighted by molar-refractivity contribution is 6.30. The summed E-state index contributed by atoms with van der Waals surface area (Å²) in [5.41, 5.74) is 3.32. The first-order chi connectivity index (χ1) is 25.0. The number of rotatable bonds is 16. The first-order valence-electron chi connectivity index (χ1n) is 17.8. The molecule has 2 amide bonds. The standard InChI is InChI=1S/C42H49ClFN3O5/c1-42(2,3)28-47-35-21-20-31(43)25-33(35)39(52-37(41(47)49)26-38(48)46-27-30-16-8-9-18-34(30)44)32-17-10-19-36(40(32)50-4)51-24-12-23-45-22-11-15-29-13-6-5-7-14-29/h5-10,13-14,16-21,25,37,39,45H,11-12,15,22-24,26-28H2,1-4H3,(H,46,48). The van der Waals surface area contributed by atoms with Crippen molar-refractivity contribution in [2.24, 2.45) is 5.41 Å². The summed E-state index contributed by atoms with van der Waals surface area (Å²) in [7, 11) is 1.57. The van der Waals surface area contributed by atoms with E-state index in [-0.39, 0.29) is 24.3 Å². The number of methoxy groups -OCH3 is 1. The van der Waals surface area contributed by atoms with Crippen molar-refractivity contribution < 1.29 is 28.2 Å². The monoisotopic (exact) mass is 729 g/mol. The van der Waals surface area contributed by atoms with Crippen molar-refractivity contribution in [1.82, 2.24) is 10.6 Å². The molecule has 0 aromatic heterocycles. The number of anilines is 1. The van der Waals surface area contributed by atoms with Gasteiger partial charge in [-0.15, -0.1) is 0 Å². The molecule has 0 radical (unpaired) electrons. The quantitative estimate of drug-likeness (QED) is 0.114. The van der Waals surface area contributed by atoms with Crippen molar-refractivity contribution >= 4 is 29.1 Å². The van der Waals surface area contributed by atoms with Crippen LogP contribution in [-0.4, -0.2) is 51.3 Å². The van der Waals surface area contributed by atoms with Gasteiger partial charge in [-0.25, -0.2) is 4.39 Å². The predicted octanol–water partition coefficient (Wildman–Crippen LogP) is 8.05. The van der Waals surface area contributed by atoms with Crippen LogP contribution in [0.2, 0.25) is 5.02 Å². The lowest BCUT2D eigenvalue weighted by Crippen LogP contribution is -2.45. The fourth-order valence-corrected chi connectivity index (χ4v) is 6.48. The van der Waals surface area contributed by atoms with Gasteiger partial charge in [0.15, 0.2) is 11.5 Å². The highest BCUT2D eigenvalue weighted by Gasteiger charge is 2.40. The van der Waals surface area contributed by atoms with E-state index in [2.05, 4.69) is 34.9 Å². The summed E-state index contributed by atoms with van der Waals surface area (Å²) in [5, 5.41) is 6.72. The smallest absolute Gasteiger partial charge is 0.256 e. The second-order valence-corrected chi connectivity index (χ2v) is 14.6. The van der Waals surface area contributed by atoms with E-state index in [4.69, 9.17) is 25.8 Å². The Morgan fingerprint density at radius 1 is 0.942 bits per heavy atom. The van der Waals surface area contributed by atoms with E-state index >= 15 is 0 Å². The van der Waals surface area contributed by atoms with Crippen LogP contribution in [0.1, 0.15) is 68.4 Å². The zero-order valence-corrected chi connectivity index (χ0v) is 31.2. The summed E-state index contributed by atoms with van der Waals surface area (Å²) < 4.78 is 33.1. The molecule has 2 atom stereocenters. The number of amides is 2. The van der Waals surface area contributed by atoms with E-state index < -0.39 is 23.9 Å². The molecule has 0 aliphatic carbocycles. The summed E-state index contributed by atoms with van der Waals surface area (Å²) in [6.07, 6.45) is 0.598. The van der Waals surface area contributed by atoms with Gasteiger partial charge in [0, 0.05) is 40.5 Å². The van der Waals surface area contributed by atoms with Gasteiger partial charge in [-0.2, -0.15) is 0 Å². The van der Waals surface area contributed by atoms with Crippen LogP contribution in [0, 0.1) is 11.2 Å². The minimum Gasteiger partial charge on any atom is -0.492 e. The molecule has 1 heterocycles. The maximum atomic E-state index is 14.3. The minimum atomic E-state index is -1.17. The number of halogens is 2. The van der Waals surface area contributed by atoms with Crippen LogP contribution in [0.25, 0.3) is 0 Å². The molecule has 8 nitrogen and oxygen atoms in total.